The number of nitrogens with zero attached hydrogens (tertiary/aromatic N) is 1. The SMILES string of the molecule is CCCC[C@]1(CC)CSc2ccc(N(C)C)cc2C(c2cccc(NC)c2)C1O. The molecule has 0 saturated carbocycles. The molecule has 29 heavy (non-hydrogen) atoms. The monoisotopic (exact) mass is 412 g/mol. The lowest BCUT2D eigenvalue weighted by Gasteiger charge is -2.40. The molecule has 2 aromatic rings. The third kappa shape index (κ3) is 4.44. The minimum Gasteiger partial charge on any atom is -0.392 e. The van der Waals surface area contributed by atoms with Gasteiger partial charge in [-0.05, 0) is 54.3 Å². The first-order chi connectivity index (χ1) is 14.0. The van der Waals surface area contributed by atoms with Crippen molar-refractivity contribution < 1.29 is 5.11 Å². The lowest BCUT2D eigenvalue weighted by atomic mass is 9.69. The molecule has 1 aliphatic heterocycles. The highest BCUT2D eigenvalue weighted by Gasteiger charge is 2.44. The highest BCUT2D eigenvalue weighted by atomic mass is 32.2. The van der Waals surface area contributed by atoms with Crippen molar-refractivity contribution in [2.24, 2.45) is 5.41 Å². The van der Waals surface area contributed by atoms with Crippen molar-refractivity contribution in [1.29, 1.82) is 0 Å². The van der Waals surface area contributed by atoms with E-state index in [1.165, 1.54) is 21.7 Å². The van der Waals surface area contributed by atoms with Crippen LogP contribution in [0.5, 0.6) is 0 Å². The number of nitrogens with one attached hydrogen (secondary N) is 1. The molecule has 2 N–H and O–H groups in total. The number of fused-ring (bicyclic) bond motifs is 1. The third-order valence-electron chi connectivity index (χ3n) is 6.57. The van der Waals surface area contributed by atoms with E-state index in [0.717, 1.165) is 37.1 Å². The van der Waals surface area contributed by atoms with Crippen molar-refractivity contribution in [2.75, 3.05) is 37.1 Å². The Balaban J connectivity index is 2.18. The van der Waals surface area contributed by atoms with Gasteiger partial charge in [-0.25, -0.2) is 0 Å². The minimum atomic E-state index is -0.405. The topological polar surface area (TPSA) is 35.5 Å². The number of hydrogen-bond acceptors (Lipinski definition) is 4. The molecule has 2 unspecified atom stereocenters. The summed E-state index contributed by atoms with van der Waals surface area (Å²) >= 11 is 1.93. The van der Waals surface area contributed by atoms with E-state index in [1.54, 1.807) is 0 Å². The van der Waals surface area contributed by atoms with Crippen molar-refractivity contribution in [3.63, 3.8) is 0 Å². The number of hydrogen-bond donors (Lipinski definition) is 2. The normalized spacial score (nSPS) is 23.9. The molecular formula is C25H36N2OS. The average molecular weight is 413 g/mol. The van der Waals surface area contributed by atoms with E-state index in [2.05, 4.69) is 80.6 Å². The maximum absolute atomic E-state index is 11.9. The van der Waals surface area contributed by atoms with Gasteiger partial charge in [0.25, 0.3) is 0 Å². The third-order valence-corrected chi connectivity index (χ3v) is 7.97. The number of anilines is 2. The smallest absolute Gasteiger partial charge is 0.0713 e. The van der Waals surface area contributed by atoms with E-state index in [4.69, 9.17) is 0 Å². The molecule has 0 aromatic heterocycles. The summed E-state index contributed by atoms with van der Waals surface area (Å²) in [5.41, 5.74) is 4.65. The van der Waals surface area contributed by atoms with Gasteiger partial charge in [0.15, 0.2) is 0 Å². The van der Waals surface area contributed by atoms with Crippen LogP contribution in [0.1, 0.15) is 56.6 Å². The molecule has 0 saturated heterocycles. The predicted molar refractivity (Wildman–Crippen MR) is 128 cm³/mol. The number of benzene rings is 2. The second-order valence-electron chi connectivity index (χ2n) is 8.52. The van der Waals surface area contributed by atoms with Gasteiger partial charge in [0, 0.05) is 54.5 Å². The van der Waals surface area contributed by atoms with Crippen LogP contribution in [0, 0.1) is 5.41 Å². The minimum absolute atomic E-state index is 0.0231. The lowest BCUT2D eigenvalue weighted by Crippen LogP contribution is -2.40. The maximum atomic E-state index is 11.9. The summed E-state index contributed by atoms with van der Waals surface area (Å²) in [5.74, 6) is 0.950. The van der Waals surface area contributed by atoms with E-state index in [-0.39, 0.29) is 11.3 Å². The van der Waals surface area contributed by atoms with Gasteiger partial charge in [0.05, 0.1) is 6.10 Å². The standard InChI is InChI=1S/C25H36N2OS/c1-6-8-14-25(7-2)17-29-22-13-12-20(27(4)5)16-21(22)23(24(25)28)18-10-9-11-19(15-18)26-3/h9-13,15-16,23-24,26,28H,6-8,14,17H2,1-5H3/t23?,24?,25-/m1/s1. The molecular weight excluding hydrogens is 376 g/mol. The Hall–Kier alpha value is -1.65. The molecule has 3 atom stereocenters. The van der Waals surface area contributed by atoms with Crippen LogP contribution in [0.15, 0.2) is 47.4 Å². The van der Waals surface area contributed by atoms with Crippen LogP contribution in [-0.4, -0.2) is 38.1 Å². The first kappa shape index (κ1) is 22.0. The van der Waals surface area contributed by atoms with E-state index in [9.17, 15) is 5.11 Å². The van der Waals surface area contributed by atoms with Crippen LogP contribution in [0.4, 0.5) is 11.4 Å². The highest BCUT2D eigenvalue weighted by Crippen LogP contribution is 2.51. The van der Waals surface area contributed by atoms with Gasteiger partial charge in [0.2, 0.25) is 0 Å². The first-order valence-corrected chi connectivity index (χ1v) is 11.8. The molecule has 1 aliphatic rings. The van der Waals surface area contributed by atoms with Crippen LogP contribution < -0.4 is 10.2 Å². The summed E-state index contributed by atoms with van der Waals surface area (Å²) in [6.45, 7) is 4.49. The van der Waals surface area contributed by atoms with E-state index < -0.39 is 6.10 Å². The summed E-state index contributed by atoms with van der Waals surface area (Å²) < 4.78 is 0. The van der Waals surface area contributed by atoms with Gasteiger partial charge in [-0.15, -0.1) is 11.8 Å². The predicted octanol–water partition coefficient (Wildman–Crippen LogP) is 5.98. The van der Waals surface area contributed by atoms with Gasteiger partial charge >= 0.3 is 0 Å². The average Bonchev–Trinajstić information content (AvgIpc) is 2.86. The maximum Gasteiger partial charge on any atom is 0.0713 e. The molecule has 2 aromatic carbocycles. The summed E-state index contributed by atoms with van der Waals surface area (Å²) in [4.78, 5) is 3.45. The van der Waals surface area contributed by atoms with Crippen molar-refractivity contribution in [3.05, 3.63) is 53.6 Å². The van der Waals surface area contributed by atoms with Crippen molar-refractivity contribution >= 4 is 23.1 Å². The molecule has 0 bridgehead atoms. The van der Waals surface area contributed by atoms with Crippen molar-refractivity contribution in [1.82, 2.24) is 0 Å². The molecule has 0 aliphatic carbocycles. The molecule has 1 heterocycles. The Morgan fingerprint density at radius 3 is 2.62 bits per heavy atom. The zero-order chi connectivity index (χ0) is 21.0. The molecule has 158 valence electrons. The van der Waals surface area contributed by atoms with E-state index in [0.29, 0.717) is 0 Å². The molecule has 0 spiro atoms. The highest BCUT2D eigenvalue weighted by molar-refractivity contribution is 7.99. The van der Waals surface area contributed by atoms with Crippen LogP contribution in [0.25, 0.3) is 0 Å². The van der Waals surface area contributed by atoms with Crippen LogP contribution >= 0.6 is 11.8 Å². The zero-order valence-corrected chi connectivity index (χ0v) is 19.4. The van der Waals surface area contributed by atoms with Crippen molar-refractivity contribution in [2.45, 2.75) is 56.4 Å². The molecule has 3 nitrogen and oxygen atoms in total. The summed E-state index contributed by atoms with van der Waals surface area (Å²) in [5, 5.41) is 15.2. The Kier molecular flexibility index (Phi) is 7.18. The number of aliphatic hydroxyl groups excluding tert-OH is 1. The van der Waals surface area contributed by atoms with Gasteiger partial charge in [-0.3, -0.25) is 0 Å². The van der Waals surface area contributed by atoms with Gasteiger partial charge in [-0.1, -0.05) is 38.8 Å². The zero-order valence-electron chi connectivity index (χ0n) is 18.5. The van der Waals surface area contributed by atoms with E-state index in [1.807, 2.05) is 18.8 Å². The first-order valence-electron chi connectivity index (χ1n) is 10.9. The van der Waals surface area contributed by atoms with Crippen LogP contribution in [0.3, 0.4) is 0 Å². The number of aliphatic hydroxyl groups is 1. The Bertz CT molecular complexity index is 822. The fourth-order valence-corrected chi connectivity index (χ4v) is 5.98. The number of thioether (sulfide) groups is 1. The fraction of sp³-hybridized carbons (Fsp3) is 0.520. The van der Waals surface area contributed by atoms with Crippen molar-refractivity contribution in [3.8, 4) is 0 Å². The van der Waals surface area contributed by atoms with Gasteiger partial charge in [-0.2, -0.15) is 0 Å². The molecule has 0 fully saturated rings. The Morgan fingerprint density at radius 2 is 1.97 bits per heavy atom. The summed E-state index contributed by atoms with van der Waals surface area (Å²) in [6, 6.07) is 15.3. The number of rotatable bonds is 7. The molecule has 0 radical (unpaired) electrons. The van der Waals surface area contributed by atoms with E-state index >= 15 is 0 Å². The fourth-order valence-electron chi connectivity index (χ4n) is 4.51. The largest absolute Gasteiger partial charge is 0.392 e. The summed E-state index contributed by atoms with van der Waals surface area (Å²) in [7, 11) is 6.11. The second-order valence-corrected chi connectivity index (χ2v) is 9.54. The number of unbranched alkanes of at least 4 members (excludes halogenated alkanes) is 1. The Morgan fingerprint density at radius 1 is 1.17 bits per heavy atom. The summed E-state index contributed by atoms with van der Waals surface area (Å²) in [6.07, 6.45) is 3.99. The van der Waals surface area contributed by atoms with Gasteiger partial charge in [0.1, 0.15) is 0 Å². The Labute approximate surface area is 180 Å². The molecule has 0 amide bonds. The van der Waals surface area contributed by atoms with Gasteiger partial charge < -0.3 is 15.3 Å². The second kappa shape index (κ2) is 9.44. The lowest BCUT2D eigenvalue weighted by molar-refractivity contribution is 0.0183. The quantitative estimate of drug-likeness (QED) is 0.586. The van der Waals surface area contributed by atoms with Crippen LogP contribution in [-0.2, 0) is 0 Å². The van der Waals surface area contributed by atoms with Crippen LogP contribution in [0.2, 0.25) is 0 Å². The molecule has 4 heteroatoms. The molecule has 3 rings (SSSR count).